The van der Waals surface area contributed by atoms with Gasteiger partial charge in [-0.2, -0.15) is 9.97 Å². The number of carboxylic acids is 1. The number of nitrogens with two attached hydrogens (primary N) is 1. The molecule has 1 atom stereocenters. The lowest BCUT2D eigenvalue weighted by Gasteiger charge is -2.27. The predicted molar refractivity (Wildman–Crippen MR) is 121 cm³/mol. The SMILES string of the molecule is CC(N)CNc1nc(Nc2ccc(O)c(C(=O)O)c2)c2c(n1)N(C(C)C)NN2C(C)C. The van der Waals surface area contributed by atoms with Gasteiger partial charge in [0.1, 0.15) is 17.0 Å². The van der Waals surface area contributed by atoms with E-state index in [0.717, 1.165) is 5.69 Å². The number of nitrogens with one attached hydrogen (secondary N) is 3. The van der Waals surface area contributed by atoms with Crippen molar-refractivity contribution >= 4 is 34.9 Å². The topological polar surface area (TPSA) is 152 Å². The van der Waals surface area contributed by atoms with Crippen LogP contribution in [0.3, 0.4) is 0 Å². The summed E-state index contributed by atoms with van der Waals surface area (Å²) >= 11 is 0. The third-order valence-corrected chi connectivity index (χ3v) is 4.65. The van der Waals surface area contributed by atoms with E-state index >= 15 is 0 Å². The molecule has 1 aliphatic rings. The Labute approximate surface area is 181 Å². The summed E-state index contributed by atoms with van der Waals surface area (Å²) < 4.78 is 0. The fourth-order valence-corrected chi connectivity index (χ4v) is 3.12. The van der Waals surface area contributed by atoms with Gasteiger partial charge in [0.05, 0.1) is 0 Å². The monoisotopic (exact) mass is 430 g/mol. The third kappa shape index (κ3) is 4.72. The van der Waals surface area contributed by atoms with Crippen molar-refractivity contribution in [1.29, 1.82) is 0 Å². The van der Waals surface area contributed by atoms with Crippen molar-refractivity contribution in [2.45, 2.75) is 52.7 Å². The summed E-state index contributed by atoms with van der Waals surface area (Å²) in [6, 6.07) is 4.40. The summed E-state index contributed by atoms with van der Waals surface area (Å²) in [5.41, 5.74) is 10.2. The second kappa shape index (κ2) is 8.82. The molecule has 0 spiro atoms. The number of hydrogen-bond donors (Lipinski definition) is 6. The number of fused-ring (bicyclic) bond motifs is 1. The van der Waals surface area contributed by atoms with Gasteiger partial charge in [-0.25, -0.2) is 4.79 Å². The molecule has 11 heteroatoms. The summed E-state index contributed by atoms with van der Waals surface area (Å²) in [6.07, 6.45) is 0. The van der Waals surface area contributed by atoms with Crippen molar-refractivity contribution in [1.82, 2.24) is 15.5 Å². The number of hydrazine groups is 2. The fraction of sp³-hybridized carbons (Fsp3) is 0.450. The van der Waals surface area contributed by atoms with E-state index in [-0.39, 0.29) is 29.4 Å². The molecular weight excluding hydrogens is 400 g/mol. The van der Waals surface area contributed by atoms with E-state index in [4.69, 9.17) is 10.7 Å². The lowest BCUT2D eigenvalue weighted by atomic mass is 10.1. The molecule has 1 aliphatic heterocycles. The van der Waals surface area contributed by atoms with Crippen LogP contribution in [0, 0.1) is 0 Å². The van der Waals surface area contributed by atoms with Crippen LogP contribution in [-0.4, -0.2) is 50.8 Å². The molecule has 1 unspecified atom stereocenters. The molecule has 0 bridgehead atoms. The van der Waals surface area contributed by atoms with Gasteiger partial charge in [0.2, 0.25) is 5.95 Å². The molecule has 0 amide bonds. The first-order valence-electron chi connectivity index (χ1n) is 10.2. The first-order valence-corrected chi connectivity index (χ1v) is 10.2. The number of carboxylic acid groups (broad SMARTS) is 1. The number of rotatable bonds is 8. The van der Waals surface area contributed by atoms with Crippen LogP contribution in [0.4, 0.5) is 29.0 Å². The van der Waals surface area contributed by atoms with Crippen LogP contribution in [0.2, 0.25) is 0 Å². The van der Waals surface area contributed by atoms with E-state index in [9.17, 15) is 15.0 Å². The Morgan fingerprint density at radius 2 is 1.84 bits per heavy atom. The number of aromatic hydroxyl groups is 1. The Morgan fingerprint density at radius 1 is 1.16 bits per heavy atom. The number of phenols is 1. The van der Waals surface area contributed by atoms with E-state index in [0.29, 0.717) is 29.8 Å². The van der Waals surface area contributed by atoms with Gasteiger partial charge in [-0.1, -0.05) is 0 Å². The first kappa shape index (κ1) is 22.4. The Morgan fingerprint density at radius 3 is 2.42 bits per heavy atom. The van der Waals surface area contributed by atoms with Crippen molar-refractivity contribution in [3.63, 3.8) is 0 Å². The molecule has 7 N–H and O–H groups in total. The predicted octanol–water partition coefficient (Wildman–Crippen LogP) is 2.25. The summed E-state index contributed by atoms with van der Waals surface area (Å²) in [6.45, 7) is 10.5. The van der Waals surface area contributed by atoms with Crippen LogP contribution in [-0.2, 0) is 0 Å². The van der Waals surface area contributed by atoms with Crippen LogP contribution < -0.4 is 31.9 Å². The van der Waals surface area contributed by atoms with Crippen molar-refractivity contribution < 1.29 is 15.0 Å². The Kier molecular flexibility index (Phi) is 6.37. The molecule has 11 nitrogen and oxygen atoms in total. The van der Waals surface area contributed by atoms with Gasteiger partial charge in [0.25, 0.3) is 0 Å². The highest BCUT2D eigenvalue weighted by molar-refractivity contribution is 5.93. The maximum absolute atomic E-state index is 11.4. The molecule has 1 aromatic heterocycles. The average molecular weight is 431 g/mol. The van der Waals surface area contributed by atoms with Gasteiger partial charge < -0.3 is 26.6 Å². The third-order valence-electron chi connectivity index (χ3n) is 4.65. The molecule has 0 radical (unpaired) electrons. The Bertz CT molecular complexity index is 964. The lowest BCUT2D eigenvalue weighted by molar-refractivity contribution is 0.0694. The van der Waals surface area contributed by atoms with Crippen molar-refractivity contribution in [2.75, 3.05) is 27.2 Å². The quantitative estimate of drug-likeness (QED) is 0.342. The van der Waals surface area contributed by atoms with E-state index in [1.165, 1.54) is 12.1 Å². The molecule has 0 fully saturated rings. The molecule has 3 rings (SSSR count). The van der Waals surface area contributed by atoms with E-state index in [1.54, 1.807) is 6.07 Å². The van der Waals surface area contributed by atoms with Gasteiger partial charge >= 0.3 is 5.97 Å². The van der Waals surface area contributed by atoms with Crippen LogP contribution in [0.1, 0.15) is 45.0 Å². The van der Waals surface area contributed by atoms with Crippen LogP contribution in [0.25, 0.3) is 0 Å². The van der Waals surface area contributed by atoms with Crippen LogP contribution >= 0.6 is 0 Å². The van der Waals surface area contributed by atoms with Gasteiger partial charge in [0, 0.05) is 30.4 Å². The minimum absolute atomic E-state index is 0.0870. The highest BCUT2D eigenvalue weighted by Gasteiger charge is 2.35. The van der Waals surface area contributed by atoms with Gasteiger partial charge in [-0.3, -0.25) is 10.0 Å². The van der Waals surface area contributed by atoms with Crippen molar-refractivity contribution in [3.8, 4) is 5.75 Å². The lowest BCUT2D eigenvalue weighted by Crippen LogP contribution is -2.50. The standard InChI is InChI=1S/C20H30N8O3/c1-10(2)27-16-17(23-13-6-7-15(29)14(8-13)19(30)31)24-20(22-9-12(5)21)25-18(16)28(26-27)11(3)4/h6-8,10-12,26,29H,9,21H2,1-5H3,(H,30,31)(H2,22,23,24,25). The minimum Gasteiger partial charge on any atom is -0.507 e. The van der Waals surface area contributed by atoms with Crippen molar-refractivity contribution in [2.24, 2.45) is 5.73 Å². The normalized spacial score (nSPS) is 14.2. The van der Waals surface area contributed by atoms with Crippen LogP contribution in [0.15, 0.2) is 18.2 Å². The number of hydrogen-bond acceptors (Lipinski definition) is 10. The highest BCUT2D eigenvalue weighted by Crippen LogP contribution is 2.41. The average Bonchev–Trinajstić information content (AvgIpc) is 3.08. The van der Waals surface area contributed by atoms with Gasteiger partial charge in [-0.15, -0.1) is 5.53 Å². The zero-order chi connectivity index (χ0) is 22.9. The van der Waals surface area contributed by atoms with Gasteiger partial charge in [0.15, 0.2) is 11.6 Å². The number of anilines is 5. The second-order valence-electron chi connectivity index (χ2n) is 8.12. The van der Waals surface area contributed by atoms with Crippen molar-refractivity contribution in [3.05, 3.63) is 23.8 Å². The maximum atomic E-state index is 11.4. The van der Waals surface area contributed by atoms with Crippen LogP contribution in [0.5, 0.6) is 5.75 Å². The molecule has 168 valence electrons. The largest absolute Gasteiger partial charge is 0.507 e. The molecule has 0 saturated carbocycles. The summed E-state index contributed by atoms with van der Waals surface area (Å²) in [5.74, 6) is 0.0505. The second-order valence-corrected chi connectivity index (χ2v) is 8.12. The molecule has 2 aromatic rings. The molecule has 0 aliphatic carbocycles. The number of benzene rings is 1. The van der Waals surface area contributed by atoms with E-state index in [1.807, 2.05) is 44.6 Å². The number of nitrogens with zero attached hydrogens (tertiary/aromatic N) is 4. The van der Waals surface area contributed by atoms with E-state index in [2.05, 4.69) is 21.2 Å². The highest BCUT2D eigenvalue weighted by atomic mass is 16.4. The smallest absolute Gasteiger partial charge is 0.339 e. The zero-order valence-electron chi connectivity index (χ0n) is 18.3. The first-order chi connectivity index (χ1) is 14.6. The molecule has 31 heavy (non-hydrogen) atoms. The molecule has 1 aromatic carbocycles. The van der Waals surface area contributed by atoms with Gasteiger partial charge in [-0.05, 0) is 52.8 Å². The number of carbonyl (C=O) groups is 1. The Hall–Kier alpha value is -3.31. The maximum Gasteiger partial charge on any atom is 0.339 e. The minimum atomic E-state index is -1.22. The molecule has 2 heterocycles. The zero-order valence-corrected chi connectivity index (χ0v) is 18.3. The molecule has 0 saturated heterocycles. The molecular formula is C20H30N8O3. The number of aromatic carboxylic acids is 1. The summed E-state index contributed by atoms with van der Waals surface area (Å²) in [5, 5.41) is 29.4. The Balaban J connectivity index is 2.10. The summed E-state index contributed by atoms with van der Waals surface area (Å²) in [4.78, 5) is 20.7. The summed E-state index contributed by atoms with van der Waals surface area (Å²) in [7, 11) is 0. The fourth-order valence-electron chi connectivity index (χ4n) is 3.12. The van der Waals surface area contributed by atoms with E-state index < -0.39 is 5.97 Å². The number of aromatic nitrogens is 2.